The van der Waals surface area contributed by atoms with Crippen LogP contribution in [0.15, 0.2) is 18.5 Å². The molecule has 0 saturated carbocycles. The molecule has 0 spiro atoms. The molecule has 0 aliphatic carbocycles. The van der Waals surface area contributed by atoms with Crippen LogP contribution in [-0.2, 0) is 9.47 Å². The fourth-order valence-electron chi connectivity index (χ4n) is 4.97. The summed E-state index contributed by atoms with van der Waals surface area (Å²) in [5, 5.41) is 3.66. The molecule has 2 saturated heterocycles. The van der Waals surface area contributed by atoms with Crippen molar-refractivity contribution >= 4 is 17.4 Å². The van der Waals surface area contributed by atoms with E-state index in [1.54, 1.807) is 11.8 Å². The molecule has 4 rings (SSSR count). The predicted octanol–water partition coefficient (Wildman–Crippen LogP) is 5.00. The number of hydrogen-bond donors (Lipinski definition) is 1. The number of piperidine rings is 1. The van der Waals surface area contributed by atoms with E-state index < -0.39 is 11.8 Å². The lowest BCUT2D eigenvalue weighted by Crippen LogP contribution is -2.52. The molecule has 2 fully saturated rings. The Morgan fingerprint density at radius 3 is 2.61 bits per heavy atom. The van der Waals surface area contributed by atoms with Crippen LogP contribution in [0.1, 0.15) is 77.7 Å². The lowest BCUT2D eigenvalue weighted by atomic mass is 10.0. The Hall–Kier alpha value is -2.39. The summed E-state index contributed by atoms with van der Waals surface area (Å²) in [6.45, 7) is 15.8. The first-order valence-corrected chi connectivity index (χ1v) is 13.2. The van der Waals surface area contributed by atoms with Crippen LogP contribution < -0.4 is 5.32 Å². The summed E-state index contributed by atoms with van der Waals surface area (Å²) in [5.41, 5.74) is 2.98. The SMILES string of the molecule is CC(C)c1cnc2c(NC3CCN(CC4CN(C(=O)OC(C)(C)C)CCO4)CC3)cc(C(C)F)cn12. The fourth-order valence-corrected chi connectivity index (χ4v) is 4.97. The van der Waals surface area contributed by atoms with Gasteiger partial charge in [0, 0.05) is 55.9 Å². The van der Waals surface area contributed by atoms with Gasteiger partial charge < -0.3 is 29.0 Å². The molecule has 36 heavy (non-hydrogen) atoms. The summed E-state index contributed by atoms with van der Waals surface area (Å²) in [5.74, 6) is 0.300. The average molecular weight is 504 g/mol. The van der Waals surface area contributed by atoms with Gasteiger partial charge in [-0.3, -0.25) is 0 Å². The highest BCUT2D eigenvalue weighted by Crippen LogP contribution is 2.29. The van der Waals surface area contributed by atoms with Crippen molar-refractivity contribution in [1.29, 1.82) is 0 Å². The number of nitrogens with zero attached hydrogens (tertiary/aromatic N) is 4. The molecule has 0 bridgehead atoms. The Morgan fingerprint density at radius 1 is 1.25 bits per heavy atom. The maximum absolute atomic E-state index is 14.3. The number of nitrogens with one attached hydrogen (secondary N) is 1. The second-order valence-electron chi connectivity index (χ2n) is 11.5. The number of fused-ring (bicyclic) bond motifs is 1. The van der Waals surface area contributed by atoms with Gasteiger partial charge in [0.2, 0.25) is 0 Å². The third kappa shape index (κ3) is 6.48. The van der Waals surface area contributed by atoms with E-state index in [2.05, 4.69) is 29.0 Å². The van der Waals surface area contributed by atoms with Gasteiger partial charge >= 0.3 is 6.09 Å². The molecule has 2 aliphatic heterocycles. The van der Waals surface area contributed by atoms with Gasteiger partial charge in [-0.2, -0.15) is 0 Å². The van der Waals surface area contributed by atoms with Crippen LogP contribution in [0.3, 0.4) is 0 Å². The highest BCUT2D eigenvalue weighted by atomic mass is 19.1. The lowest BCUT2D eigenvalue weighted by Gasteiger charge is -2.38. The maximum atomic E-state index is 14.3. The Bertz CT molecular complexity index is 1040. The first-order chi connectivity index (χ1) is 17.0. The van der Waals surface area contributed by atoms with Gasteiger partial charge in [-0.05, 0) is 52.5 Å². The molecular formula is C27H42FN5O3. The van der Waals surface area contributed by atoms with Crippen LogP contribution in [0, 0.1) is 0 Å². The van der Waals surface area contributed by atoms with Gasteiger partial charge in [0.15, 0.2) is 5.65 Å². The minimum absolute atomic E-state index is 0.0162. The smallest absolute Gasteiger partial charge is 0.410 e. The highest BCUT2D eigenvalue weighted by molar-refractivity contribution is 5.70. The van der Waals surface area contributed by atoms with Crippen molar-refractivity contribution in [2.24, 2.45) is 0 Å². The molecule has 1 N–H and O–H groups in total. The predicted molar refractivity (Wildman–Crippen MR) is 139 cm³/mol. The van der Waals surface area contributed by atoms with Crippen molar-refractivity contribution in [3.05, 3.63) is 29.7 Å². The zero-order chi connectivity index (χ0) is 26.0. The molecule has 2 atom stereocenters. The number of amides is 1. The van der Waals surface area contributed by atoms with E-state index in [0.29, 0.717) is 37.2 Å². The van der Waals surface area contributed by atoms with E-state index in [-0.39, 0.29) is 12.2 Å². The summed E-state index contributed by atoms with van der Waals surface area (Å²) in [7, 11) is 0. The number of hydrogen-bond acceptors (Lipinski definition) is 6. The van der Waals surface area contributed by atoms with Crippen LogP contribution >= 0.6 is 0 Å². The molecule has 8 nitrogen and oxygen atoms in total. The first kappa shape index (κ1) is 26.7. The van der Waals surface area contributed by atoms with E-state index in [9.17, 15) is 9.18 Å². The summed E-state index contributed by atoms with van der Waals surface area (Å²) < 4.78 is 27.8. The molecule has 2 aromatic rings. The van der Waals surface area contributed by atoms with Gasteiger partial charge in [0.1, 0.15) is 11.8 Å². The summed E-state index contributed by atoms with van der Waals surface area (Å²) >= 11 is 0. The molecule has 2 unspecified atom stereocenters. The number of likely N-dealkylation sites (tertiary alicyclic amines) is 1. The largest absolute Gasteiger partial charge is 0.444 e. The number of aromatic nitrogens is 2. The Labute approximate surface area is 214 Å². The monoisotopic (exact) mass is 503 g/mol. The number of ether oxygens (including phenoxy) is 2. The zero-order valence-corrected chi connectivity index (χ0v) is 22.6. The molecule has 0 aromatic carbocycles. The number of morpholine rings is 1. The third-order valence-corrected chi connectivity index (χ3v) is 6.91. The molecule has 0 radical (unpaired) electrons. The molecule has 1 amide bonds. The normalized spacial score (nSPS) is 21.2. The minimum atomic E-state index is -1.05. The van der Waals surface area contributed by atoms with Crippen molar-refractivity contribution in [3.63, 3.8) is 0 Å². The third-order valence-electron chi connectivity index (χ3n) is 6.91. The summed E-state index contributed by atoms with van der Waals surface area (Å²) in [6.07, 6.45) is 4.39. The summed E-state index contributed by atoms with van der Waals surface area (Å²) in [6, 6.07) is 2.20. The van der Waals surface area contributed by atoms with E-state index in [1.807, 2.05) is 43.6 Å². The second kappa shape index (κ2) is 10.9. The van der Waals surface area contributed by atoms with Crippen LogP contribution in [0.4, 0.5) is 14.9 Å². The van der Waals surface area contributed by atoms with E-state index in [1.165, 1.54) is 0 Å². The van der Waals surface area contributed by atoms with Crippen molar-refractivity contribution in [2.75, 3.05) is 44.6 Å². The van der Waals surface area contributed by atoms with Crippen LogP contribution in [0.25, 0.3) is 5.65 Å². The zero-order valence-electron chi connectivity index (χ0n) is 22.6. The van der Waals surface area contributed by atoms with Crippen molar-refractivity contribution in [3.8, 4) is 0 Å². The summed E-state index contributed by atoms with van der Waals surface area (Å²) in [4.78, 5) is 21.3. The number of imidazole rings is 1. The number of rotatable bonds is 6. The minimum Gasteiger partial charge on any atom is -0.444 e. The number of carbonyl (C=O) groups excluding carboxylic acids is 1. The van der Waals surface area contributed by atoms with E-state index >= 15 is 0 Å². The average Bonchev–Trinajstić information content (AvgIpc) is 3.24. The van der Waals surface area contributed by atoms with E-state index in [0.717, 1.165) is 49.5 Å². The van der Waals surface area contributed by atoms with Crippen molar-refractivity contribution in [2.45, 2.75) is 84.2 Å². The van der Waals surface area contributed by atoms with E-state index in [4.69, 9.17) is 9.47 Å². The Kier molecular flexibility index (Phi) is 8.09. The standard InChI is InChI=1S/C27H42FN5O3/c1-18(2)24-14-29-25-23(13-20(19(3)28)15-33(24)25)30-21-7-9-31(10-8-21)16-22-17-32(11-12-35-22)26(34)36-27(4,5)6/h13-15,18-19,21-22,30H,7-12,16-17H2,1-6H3. The molecule has 4 heterocycles. The van der Waals surface area contributed by atoms with Crippen LogP contribution in [0.2, 0.25) is 0 Å². The Balaban J connectivity index is 1.34. The first-order valence-electron chi connectivity index (χ1n) is 13.2. The number of halogens is 1. The van der Waals surface area contributed by atoms with Crippen molar-refractivity contribution in [1.82, 2.24) is 19.2 Å². The quantitative estimate of drug-likeness (QED) is 0.598. The maximum Gasteiger partial charge on any atom is 0.410 e. The van der Waals surface area contributed by atoms with Crippen LogP contribution in [0.5, 0.6) is 0 Å². The molecular weight excluding hydrogens is 461 g/mol. The lowest BCUT2D eigenvalue weighted by molar-refractivity contribution is -0.0538. The number of pyridine rings is 1. The van der Waals surface area contributed by atoms with Gasteiger partial charge in [0.25, 0.3) is 0 Å². The fraction of sp³-hybridized carbons (Fsp3) is 0.704. The number of anilines is 1. The Morgan fingerprint density at radius 2 is 1.97 bits per heavy atom. The van der Waals surface area contributed by atoms with Gasteiger partial charge in [-0.1, -0.05) is 13.8 Å². The van der Waals surface area contributed by atoms with Crippen molar-refractivity contribution < 1.29 is 18.7 Å². The van der Waals surface area contributed by atoms with Crippen LogP contribution in [-0.4, -0.2) is 82.4 Å². The molecule has 200 valence electrons. The van der Waals surface area contributed by atoms with Gasteiger partial charge in [-0.15, -0.1) is 0 Å². The molecule has 9 heteroatoms. The number of carbonyl (C=O) groups is 1. The number of alkyl halides is 1. The van der Waals surface area contributed by atoms with Gasteiger partial charge in [-0.25, -0.2) is 14.2 Å². The molecule has 2 aliphatic rings. The highest BCUT2D eigenvalue weighted by Gasteiger charge is 2.30. The van der Waals surface area contributed by atoms with Gasteiger partial charge in [0.05, 0.1) is 24.9 Å². The molecule has 2 aromatic heterocycles. The second-order valence-corrected chi connectivity index (χ2v) is 11.5. The topological polar surface area (TPSA) is 71.3 Å².